The average molecular weight is 312 g/mol. The van der Waals surface area contributed by atoms with Crippen LogP contribution < -0.4 is 4.72 Å². The summed E-state index contributed by atoms with van der Waals surface area (Å²) in [6.07, 6.45) is 8.00. The van der Waals surface area contributed by atoms with Gasteiger partial charge in [0.15, 0.2) is 5.03 Å². The molecule has 0 aromatic carbocycles. The number of hydrogen-bond acceptors (Lipinski definition) is 4. The fourth-order valence-corrected chi connectivity index (χ4v) is 3.64. The summed E-state index contributed by atoms with van der Waals surface area (Å²) < 4.78 is 26.5. The van der Waals surface area contributed by atoms with E-state index in [1.54, 1.807) is 0 Å². The fourth-order valence-electron chi connectivity index (χ4n) is 2.64. The minimum atomic E-state index is -3.65. The van der Waals surface area contributed by atoms with Crippen LogP contribution in [0.25, 0.3) is 0 Å². The molecule has 0 aliphatic heterocycles. The lowest BCUT2D eigenvalue weighted by Crippen LogP contribution is -2.26. The first-order chi connectivity index (χ1) is 9.99. The third-order valence-electron chi connectivity index (χ3n) is 3.81. The van der Waals surface area contributed by atoms with E-state index >= 15 is 0 Å². The van der Waals surface area contributed by atoms with Gasteiger partial charge in [0.1, 0.15) is 0 Å². The van der Waals surface area contributed by atoms with Gasteiger partial charge in [-0.2, -0.15) is 0 Å². The summed E-state index contributed by atoms with van der Waals surface area (Å²) in [7, 11) is -3.65. The minimum absolute atomic E-state index is 0.0322. The first-order valence-corrected chi connectivity index (χ1v) is 8.66. The van der Waals surface area contributed by atoms with Crippen molar-refractivity contribution >= 4 is 16.0 Å². The van der Waals surface area contributed by atoms with Crippen LogP contribution >= 0.6 is 0 Å². The highest BCUT2D eigenvalue weighted by atomic mass is 32.2. The van der Waals surface area contributed by atoms with Crippen LogP contribution in [-0.4, -0.2) is 31.0 Å². The van der Waals surface area contributed by atoms with Crippen molar-refractivity contribution in [2.45, 2.75) is 43.6 Å². The zero-order valence-corrected chi connectivity index (χ0v) is 12.6. The molecule has 0 unspecified atom stereocenters. The highest BCUT2D eigenvalue weighted by Crippen LogP contribution is 2.28. The van der Waals surface area contributed by atoms with E-state index in [9.17, 15) is 13.2 Å². The number of hydrogen-bond donors (Lipinski definition) is 2. The second-order valence-corrected chi connectivity index (χ2v) is 7.09. The Labute approximate surface area is 124 Å². The molecule has 1 fully saturated rings. The van der Waals surface area contributed by atoms with Gasteiger partial charge in [0.25, 0.3) is 10.0 Å². The lowest BCUT2D eigenvalue weighted by atomic mass is 10.0. The molecular weight excluding hydrogens is 292 g/mol. The number of sulfonamides is 1. The molecule has 116 valence electrons. The maximum Gasteiger partial charge on any atom is 0.337 e. The predicted molar refractivity (Wildman–Crippen MR) is 77.6 cm³/mol. The van der Waals surface area contributed by atoms with Crippen LogP contribution in [0.4, 0.5) is 0 Å². The number of aromatic nitrogens is 1. The van der Waals surface area contributed by atoms with Crippen molar-refractivity contribution in [3.8, 4) is 0 Å². The molecule has 1 aliphatic carbocycles. The SMILES string of the molecule is O=C(O)c1ccc(S(=O)(=O)NCCCC2CCCC2)nc1. The molecule has 1 saturated carbocycles. The zero-order chi connectivity index (χ0) is 15.3. The number of aromatic carboxylic acids is 1. The summed E-state index contributed by atoms with van der Waals surface area (Å²) in [5.74, 6) is -0.390. The summed E-state index contributed by atoms with van der Waals surface area (Å²) in [5.41, 5.74) is -0.0322. The maximum absolute atomic E-state index is 12.0. The molecule has 0 radical (unpaired) electrons. The molecule has 0 amide bonds. The lowest BCUT2D eigenvalue weighted by molar-refractivity contribution is 0.0696. The van der Waals surface area contributed by atoms with E-state index in [2.05, 4.69) is 9.71 Å². The van der Waals surface area contributed by atoms with E-state index < -0.39 is 16.0 Å². The van der Waals surface area contributed by atoms with Crippen molar-refractivity contribution in [2.75, 3.05) is 6.54 Å². The maximum atomic E-state index is 12.0. The zero-order valence-electron chi connectivity index (χ0n) is 11.8. The van der Waals surface area contributed by atoms with Crippen molar-refractivity contribution in [1.82, 2.24) is 9.71 Å². The smallest absolute Gasteiger partial charge is 0.337 e. The first kappa shape index (κ1) is 15.9. The third kappa shape index (κ3) is 4.50. The molecule has 1 aromatic heterocycles. The Morgan fingerprint density at radius 1 is 1.33 bits per heavy atom. The molecule has 2 rings (SSSR count). The second kappa shape index (κ2) is 7.00. The molecule has 0 atom stereocenters. The molecule has 1 aliphatic rings. The van der Waals surface area contributed by atoms with Crippen LogP contribution in [0.2, 0.25) is 0 Å². The molecule has 0 spiro atoms. The summed E-state index contributed by atoms with van der Waals surface area (Å²) in [4.78, 5) is 14.4. The van der Waals surface area contributed by atoms with Crippen molar-refractivity contribution in [3.05, 3.63) is 23.9 Å². The normalized spacial score (nSPS) is 16.2. The van der Waals surface area contributed by atoms with Gasteiger partial charge in [0.2, 0.25) is 0 Å². The standard InChI is InChI=1S/C14H20N2O4S/c17-14(18)12-7-8-13(15-10-12)21(19,20)16-9-3-6-11-4-1-2-5-11/h7-8,10-11,16H,1-6,9H2,(H,17,18). The number of nitrogens with zero attached hydrogens (tertiary/aromatic N) is 1. The second-order valence-electron chi connectivity index (χ2n) is 5.38. The number of nitrogens with one attached hydrogen (secondary N) is 1. The molecule has 0 saturated heterocycles. The quantitative estimate of drug-likeness (QED) is 0.751. The Morgan fingerprint density at radius 2 is 2.05 bits per heavy atom. The van der Waals surface area contributed by atoms with E-state index in [1.807, 2.05) is 0 Å². The van der Waals surface area contributed by atoms with Gasteiger partial charge in [-0.25, -0.2) is 22.9 Å². The molecule has 1 heterocycles. The Hall–Kier alpha value is -1.47. The predicted octanol–water partition coefficient (Wildman–Crippen LogP) is 2.03. The van der Waals surface area contributed by atoms with E-state index in [0.717, 1.165) is 25.0 Å². The summed E-state index contributed by atoms with van der Waals surface area (Å²) in [6, 6.07) is 2.45. The fraction of sp³-hybridized carbons (Fsp3) is 0.571. The first-order valence-electron chi connectivity index (χ1n) is 7.18. The Bertz CT molecular complexity index is 577. The van der Waals surface area contributed by atoms with Crippen LogP contribution in [0.5, 0.6) is 0 Å². The van der Waals surface area contributed by atoms with E-state index in [1.165, 1.54) is 37.8 Å². The van der Waals surface area contributed by atoms with Gasteiger partial charge in [0, 0.05) is 12.7 Å². The highest BCUT2D eigenvalue weighted by molar-refractivity contribution is 7.89. The molecule has 1 aromatic rings. The molecule has 2 N–H and O–H groups in total. The average Bonchev–Trinajstić information content (AvgIpc) is 2.97. The van der Waals surface area contributed by atoms with Gasteiger partial charge < -0.3 is 5.11 Å². The molecule has 6 nitrogen and oxygen atoms in total. The van der Waals surface area contributed by atoms with Crippen molar-refractivity contribution in [1.29, 1.82) is 0 Å². The van der Waals surface area contributed by atoms with Crippen LogP contribution in [0.15, 0.2) is 23.4 Å². The molecule has 7 heteroatoms. The summed E-state index contributed by atoms with van der Waals surface area (Å²) >= 11 is 0. The van der Waals surface area contributed by atoms with Gasteiger partial charge in [0.05, 0.1) is 5.56 Å². The van der Waals surface area contributed by atoms with Gasteiger partial charge in [-0.05, 0) is 30.9 Å². The number of carbonyl (C=O) groups is 1. The largest absolute Gasteiger partial charge is 0.478 e. The summed E-state index contributed by atoms with van der Waals surface area (Å²) in [5, 5.41) is 8.61. The van der Waals surface area contributed by atoms with Crippen LogP contribution in [0.3, 0.4) is 0 Å². The van der Waals surface area contributed by atoms with E-state index in [4.69, 9.17) is 5.11 Å². The van der Waals surface area contributed by atoms with Crippen LogP contribution in [0, 0.1) is 5.92 Å². The van der Waals surface area contributed by atoms with E-state index in [0.29, 0.717) is 6.54 Å². The van der Waals surface area contributed by atoms with Crippen molar-refractivity contribution in [2.24, 2.45) is 5.92 Å². The number of carboxylic acid groups (broad SMARTS) is 1. The van der Waals surface area contributed by atoms with Crippen molar-refractivity contribution in [3.63, 3.8) is 0 Å². The van der Waals surface area contributed by atoms with Crippen LogP contribution in [-0.2, 0) is 10.0 Å². The Kier molecular flexibility index (Phi) is 5.30. The Morgan fingerprint density at radius 3 is 2.62 bits per heavy atom. The van der Waals surface area contributed by atoms with E-state index in [-0.39, 0.29) is 10.6 Å². The van der Waals surface area contributed by atoms with Crippen molar-refractivity contribution < 1.29 is 18.3 Å². The third-order valence-corrected chi connectivity index (χ3v) is 5.19. The van der Waals surface area contributed by atoms with Gasteiger partial charge in [-0.3, -0.25) is 0 Å². The topological polar surface area (TPSA) is 96.4 Å². The molecule has 0 bridgehead atoms. The number of pyridine rings is 1. The summed E-state index contributed by atoms with van der Waals surface area (Å²) in [6.45, 7) is 0.390. The van der Waals surface area contributed by atoms with Gasteiger partial charge in [-0.15, -0.1) is 0 Å². The van der Waals surface area contributed by atoms with Gasteiger partial charge >= 0.3 is 5.97 Å². The lowest BCUT2D eigenvalue weighted by Gasteiger charge is -2.09. The molecule has 21 heavy (non-hydrogen) atoms. The molecular formula is C14H20N2O4S. The number of rotatable bonds is 7. The highest BCUT2D eigenvalue weighted by Gasteiger charge is 2.17. The minimum Gasteiger partial charge on any atom is -0.478 e. The van der Waals surface area contributed by atoms with Gasteiger partial charge in [-0.1, -0.05) is 25.7 Å². The monoisotopic (exact) mass is 312 g/mol. The van der Waals surface area contributed by atoms with Crippen LogP contribution in [0.1, 0.15) is 48.9 Å². The Balaban J connectivity index is 1.84. The number of carboxylic acids is 1.